The van der Waals surface area contributed by atoms with Gasteiger partial charge in [-0.05, 0) is 61.2 Å². The van der Waals surface area contributed by atoms with Gasteiger partial charge >= 0.3 is 0 Å². The van der Waals surface area contributed by atoms with Crippen LogP contribution in [-0.4, -0.2) is 20.1 Å². The first-order valence-corrected chi connectivity index (χ1v) is 10.5. The van der Waals surface area contributed by atoms with Crippen LogP contribution in [0.2, 0.25) is 5.02 Å². The van der Waals surface area contributed by atoms with Crippen molar-refractivity contribution in [2.45, 2.75) is 30.6 Å². The lowest BCUT2D eigenvalue weighted by Crippen LogP contribution is -2.17. The highest BCUT2D eigenvalue weighted by Crippen LogP contribution is 2.28. The first kappa shape index (κ1) is 18.9. The van der Waals surface area contributed by atoms with Gasteiger partial charge in [-0.2, -0.15) is 0 Å². The maximum absolute atomic E-state index is 14.1. The number of carbonyl (C=O) groups is 1. The van der Waals surface area contributed by atoms with Gasteiger partial charge in [0.2, 0.25) is 0 Å². The minimum absolute atomic E-state index is 0.0212. The van der Waals surface area contributed by atoms with Crippen molar-refractivity contribution in [1.29, 1.82) is 0 Å². The number of hydrogen-bond donors (Lipinski definition) is 1. The van der Waals surface area contributed by atoms with Crippen LogP contribution in [-0.2, 0) is 9.84 Å². The molecule has 0 radical (unpaired) electrons. The molecular formula is C19H19ClFNO3S. The molecule has 1 aliphatic carbocycles. The number of sulfone groups is 1. The van der Waals surface area contributed by atoms with Crippen LogP contribution in [0.1, 0.15) is 36.0 Å². The molecule has 4 nitrogen and oxygen atoms in total. The highest BCUT2D eigenvalue weighted by molar-refractivity contribution is 7.91. The number of rotatable bonds is 5. The summed E-state index contributed by atoms with van der Waals surface area (Å²) in [5.41, 5.74) is 0.144. The lowest BCUT2D eigenvalue weighted by atomic mass is 10.1. The molecule has 1 fully saturated rings. The second-order valence-electron chi connectivity index (χ2n) is 6.53. The van der Waals surface area contributed by atoms with E-state index in [0.29, 0.717) is 10.7 Å². The van der Waals surface area contributed by atoms with Crippen LogP contribution in [0.15, 0.2) is 47.4 Å². The van der Waals surface area contributed by atoms with Crippen molar-refractivity contribution in [2.24, 2.45) is 5.92 Å². The Hall–Kier alpha value is -1.92. The van der Waals surface area contributed by atoms with Crippen molar-refractivity contribution >= 4 is 33.0 Å². The van der Waals surface area contributed by atoms with Gasteiger partial charge in [0.25, 0.3) is 5.91 Å². The molecule has 1 N–H and O–H groups in total. The van der Waals surface area contributed by atoms with E-state index >= 15 is 0 Å². The predicted molar refractivity (Wildman–Crippen MR) is 99.8 cm³/mol. The highest BCUT2D eigenvalue weighted by Gasteiger charge is 2.25. The Kier molecular flexibility index (Phi) is 5.63. The molecular weight excluding hydrogens is 377 g/mol. The van der Waals surface area contributed by atoms with Gasteiger partial charge in [0.1, 0.15) is 5.82 Å². The molecule has 3 rings (SSSR count). The summed E-state index contributed by atoms with van der Waals surface area (Å²) < 4.78 is 39.3. The average Bonchev–Trinajstić information content (AvgIpc) is 3.09. The van der Waals surface area contributed by atoms with Gasteiger partial charge in [0.05, 0.1) is 16.2 Å². The minimum atomic E-state index is -3.56. The molecule has 0 spiro atoms. The molecule has 138 valence electrons. The van der Waals surface area contributed by atoms with Gasteiger partial charge in [-0.3, -0.25) is 4.79 Å². The Labute approximate surface area is 157 Å². The number of nitrogens with one attached hydrogen (secondary N) is 1. The molecule has 0 heterocycles. The fourth-order valence-electron chi connectivity index (χ4n) is 3.19. The lowest BCUT2D eigenvalue weighted by Gasteiger charge is -2.12. The molecule has 0 unspecified atom stereocenters. The topological polar surface area (TPSA) is 63.2 Å². The summed E-state index contributed by atoms with van der Waals surface area (Å²) in [6.45, 7) is 0. The SMILES string of the molecule is O=C(Nc1ccc(Cl)cc1)c1cc(S(=O)(=O)CC2CCCC2)ccc1F. The molecule has 26 heavy (non-hydrogen) atoms. The van der Waals surface area contributed by atoms with E-state index in [4.69, 9.17) is 11.6 Å². The summed E-state index contributed by atoms with van der Waals surface area (Å²) >= 11 is 5.79. The van der Waals surface area contributed by atoms with E-state index in [0.717, 1.165) is 37.8 Å². The molecule has 1 saturated carbocycles. The molecule has 0 bridgehead atoms. The van der Waals surface area contributed by atoms with Gasteiger partial charge in [-0.15, -0.1) is 0 Å². The second-order valence-corrected chi connectivity index (χ2v) is 9.01. The standard InChI is InChI=1S/C19H19ClFNO3S/c20-14-5-7-15(8-6-14)22-19(23)17-11-16(9-10-18(17)21)26(24,25)12-13-3-1-2-4-13/h5-11,13H,1-4,12H2,(H,22,23). The third kappa shape index (κ3) is 4.43. The Bertz CT molecular complexity index is 907. The fraction of sp³-hybridized carbons (Fsp3) is 0.316. The fourth-order valence-corrected chi connectivity index (χ4v) is 5.03. The predicted octanol–water partition coefficient (Wildman–Crippen LogP) is 4.70. The molecule has 0 saturated heterocycles. The molecule has 2 aromatic carbocycles. The van der Waals surface area contributed by atoms with Crippen molar-refractivity contribution in [2.75, 3.05) is 11.1 Å². The Balaban J connectivity index is 1.82. The molecule has 7 heteroatoms. The summed E-state index contributed by atoms with van der Waals surface area (Å²) in [5.74, 6) is -1.30. The number of benzene rings is 2. The quantitative estimate of drug-likeness (QED) is 0.746. The van der Waals surface area contributed by atoms with Crippen LogP contribution in [0.4, 0.5) is 10.1 Å². The van der Waals surface area contributed by atoms with Crippen LogP contribution in [0.3, 0.4) is 0 Å². The normalized spacial score (nSPS) is 15.2. The van der Waals surface area contributed by atoms with E-state index in [1.54, 1.807) is 24.3 Å². The van der Waals surface area contributed by atoms with Crippen molar-refractivity contribution in [3.63, 3.8) is 0 Å². The van der Waals surface area contributed by atoms with Crippen molar-refractivity contribution in [1.82, 2.24) is 0 Å². The number of halogens is 2. The zero-order chi connectivity index (χ0) is 18.7. The minimum Gasteiger partial charge on any atom is -0.322 e. The molecule has 1 aliphatic rings. The van der Waals surface area contributed by atoms with E-state index in [2.05, 4.69) is 5.32 Å². The molecule has 0 aromatic heterocycles. The van der Waals surface area contributed by atoms with Gasteiger partial charge in [-0.1, -0.05) is 24.4 Å². The monoisotopic (exact) mass is 395 g/mol. The Morgan fingerprint density at radius 1 is 1.12 bits per heavy atom. The van der Waals surface area contributed by atoms with Gasteiger partial charge < -0.3 is 5.32 Å². The summed E-state index contributed by atoms with van der Waals surface area (Å²) in [7, 11) is -3.56. The first-order chi connectivity index (χ1) is 12.3. The van der Waals surface area contributed by atoms with Crippen molar-refractivity contribution in [3.8, 4) is 0 Å². The zero-order valence-corrected chi connectivity index (χ0v) is 15.6. The van der Waals surface area contributed by atoms with Crippen molar-refractivity contribution < 1.29 is 17.6 Å². The molecule has 2 aromatic rings. The lowest BCUT2D eigenvalue weighted by molar-refractivity contribution is 0.102. The summed E-state index contributed by atoms with van der Waals surface area (Å²) in [6.07, 6.45) is 3.87. The third-order valence-electron chi connectivity index (χ3n) is 4.57. The van der Waals surface area contributed by atoms with E-state index in [1.807, 2.05) is 0 Å². The summed E-state index contributed by atoms with van der Waals surface area (Å²) in [5, 5.41) is 3.05. The number of carbonyl (C=O) groups excluding carboxylic acids is 1. The molecule has 0 atom stereocenters. The maximum atomic E-state index is 14.1. The average molecular weight is 396 g/mol. The number of hydrogen-bond acceptors (Lipinski definition) is 3. The highest BCUT2D eigenvalue weighted by atomic mass is 35.5. The number of amides is 1. The van der Waals surface area contributed by atoms with Crippen LogP contribution >= 0.6 is 11.6 Å². The van der Waals surface area contributed by atoms with E-state index < -0.39 is 21.6 Å². The third-order valence-corrected chi connectivity index (χ3v) is 6.71. The van der Waals surface area contributed by atoms with Gasteiger partial charge in [-0.25, -0.2) is 12.8 Å². The van der Waals surface area contributed by atoms with Gasteiger partial charge in [0.15, 0.2) is 9.84 Å². The molecule has 1 amide bonds. The molecule has 0 aliphatic heterocycles. The summed E-state index contributed by atoms with van der Waals surface area (Å²) in [4.78, 5) is 12.3. The maximum Gasteiger partial charge on any atom is 0.258 e. The van der Waals surface area contributed by atoms with Gasteiger partial charge in [0, 0.05) is 10.7 Å². The Morgan fingerprint density at radius 3 is 2.42 bits per heavy atom. The summed E-state index contributed by atoms with van der Waals surface area (Å²) in [6, 6.07) is 9.71. The van der Waals surface area contributed by atoms with E-state index in [1.165, 1.54) is 6.07 Å². The Morgan fingerprint density at radius 2 is 1.77 bits per heavy atom. The smallest absolute Gasteiger partial charge is 0.258 e. The van der Waals surface area contributed by atoms with E-state index in [-0.39, 0.29) is 22.1 Å². The number of anilines is 1. The van der Waals surface area contributed by atoms with Crippen LogP contribution in [0, 0.1) is 11.7 Å². The largest absolute Gasteiger partial charge is 0.322 e. The second kappa shape index (κ2) is 7.76. The van der Waals surface area contributed by atoms with Crippen LogP contribution in [0.5, 0.6) is 0 Å². The van der Waals surface area contributed by atoms with E-state index in [9.17, 15) is 17.6 Å². The van der Waals surface area contributed by atoms with Crippen LogP contribution < -0.4 is 5.32 Å². The zero-order valence-electron chi connectivity index (χ0n) is 14.0. The van der Waals surface area contributed by atoms with Crippen LogP contribution in [0.25, 0.3) is 0 Å². The van der Waals surface area contributed by atoms with Crippen molar-refractivity contribution in [3.05, 3.63) is 58.9 Å². The first-order valence-electron chi connectivity index (χ1n) is 8.44.